The van der Waals surface area contributed by atoms with E-state index in [1.165, 1.54) is 5.56 Å². The summed E-state index contributed by atoms with van der Waals surface area (Å²) in [5, 5.41) is 2.97. The molecule has 2 aromatic rings. The maximum atomic E-state index is 12.2. The van der Waals surface area contributed by atoms with E-state index in [1.807, 2.05) is 49.4 Å². The smallest absolute Gasteiger partial charge is 0.231 e. The van der Waals surface area contributed by atoms with Crippen molar-refractivity contribution in [3.05, 3.63) is 65.7 Å². The van der Waals surface area contributed by atoms with Crippen molar-refractivity contribution >= 4 is 11.6 Å². The first-order valence-electron chi connectivity index (χ1n) is 7.03. The van der Waals surface area contributed by atoms with Crippen LogP contribution in [0.2, 0.25) is 0 Å². The Morgan fingerprint density at radius 1 is 0.850 bits per heavy atom. The van der Waals surface area contributed by atoms with E-state index in [0.29, 0.717) is 5.92 Å². The molecule has 0 aliphatic rings. The number of anilines is 1. The highest BCUT2D eigenvalue weighted by molar-refractivity contribution is 5.95. The second kappa shape index (κ2) is 6.38. The second-order valence-electron chi connectivity index (χ2n) is 5.40. The Morgan fingerprint density at radius 3 is 2.00 bits per heavy atom. The van der Waals surface area contributed by atoms with Gasteiger partial charge in [0.1, 0.15) is 0 Å². The van der Waals surface area contributed by atoms with Gasteiger partial charge in [0.15, 0.2) is 0 Å². The summed E-state index contributed by atoms with van der Waals surface area (Å²) in [6.07, 6.45) is 0. The van der Waals surface area contributed by atoms with Gasteiger partial charge in [-0.1, -0.05) is 56.3 Å². The summed E-state index contributed by atoms with van der Waals surface area (Å²) < 4.78 is 0. The first-order valence-corrected chi connectivity index (χ1v) is 7.03. The Bertz CT molecular complexity index is 558. The van der Waals surface area contributed by atoms with Crippen LogP contribution in [0.4, 0.5) is 5.69 Å². The Balaban J connectivity index is 2.04. The number of hydrogen-bond donors (Lipinski definition) is 1. The molecule has 0 aliphatic carbocycles. The minimum absolute atomic E-state index is 0.0218. The van der Waals surface area contributed by atoms with Gasteiger partial charge in [-0.3, -0.25) is 4.79 Å². The Morgan fingerprint density at radius 2 is 1.45 bits per heavy atom. The van der Waals surface area contributed by atoms with Gasteiger partial charge in [-0.05, 0) is 36.1 Å². The van der Waals surface area contributed by atoms with E-state index in [4.69, 9.17) is 0 Å². The molecule has 2 nitrogen and oxygen atoms in total. The molecule has 0 fully saturated rings. The zero-order chi connectivity index (χ0) is 14.5. The lowest BCUT2D eigenvalue weighted by molar-refractivity contribution is -0.117. The van der Waals surface area contributed by atoms with E-state index in [2.05, 4.69) is 31.3 Å². The minimum atomic E-state index is -0.152. The van der Waals surface area contributed by atoms with Gasteiger partial charge >= 0.3 is 0 Å². The molecule has 0 unspecified atom stereocenters. The summed E-state index contributed by atoms with van der Waals surface area (Å²) in [6.45, 7) is 6.24. The number of carbonyl (C=O) groups is 1. The standard InChI is InChI=1S/C18H21NO/c1-13(2)15-9-11-17(12-10-15)19-18(20)14(3)16-7-5-4-6-8-16/h4-14H,1-3H3,(H,19,20)/t14-/m0/s1. The monoisotopic (exact) mass is 267 g/mol. The number of rotatable bonds is 4. The van der Waals surface area contributed by atoms with Crippen LogP contribution in [0, 0.1) is 0 Å². The molecule has 2 heteroatoms. The highest BCUT2D eigenvalue weighted by Gasteiger charge is 2.14. The van der Waals surface area contributed by atoms with Crippen molar-refractivity contribution in [1.29, 1.82) is 0 Å². The highest BCUT2D eigenvalue weighted by Crippen LogP contribution is 2.20. The van der Waals surface area contributed by atoms with E-state index >= 15 is 0 Å². The number of benzene rings is 2. The fraction of sp³-hybridized carbons (Fsp3) is 0.278. The molecular formula is C18H21NO. The maximum absolute atomic E-state index is 12.2. The largest absolute Gasteiger partial charge is 0.326 e. The summed E-state index contributed by atoms with van der Waals surface area (Å²) in [6, 6.07) is 17.9. The topological polar surface area (TPSA) is 29.1 Å². The predicted molar refractivity (Wildman–Crippen MR) is 84.0 cm³/mol. The second-order valence-corrected chi connectivity index (χ2v) is 5.40. The fourth-order valence-electron chi connectivity index (χ4n) is 2.09. The van der Waals surface area contributed by atoms with Crippen molar-refractivity contribution < 1.29 is 4.79 Å². The molecule has 1 amide bonds. The van der Waals surface area contributed by atoms with Crippen molar-refractivity contribution in [2.75, 3.05) is 5.32 Å². The minimum Gasteiger partial charge on any atom is -0.326 e. The number of nitrogens with one attached hydrogen (secondary N) is 1. The molecule has 0 radical (unpaired) electrons. The lowest BCUT2D eigenvalue weighted by Gasteiger charge is -2.13. The highest BCUT2D eigenvalue weighted by atomic mass is 16.1. The lowest BCUT2D eigenvalue weighted by Crippen LogP contribution is -2.18. The molecule has 0 spiro atoms. The zero-order valence-electron chi connectivity index (χ0n) is 12.3. The zero-order valence-corrected chi connectivity index (χ0v) is 12.3. The normalized spacial score (nSPS) is 12.2. The van der Waals surface area contributed by atoms with Crippen LogP contribution in [0.5, 0.6) is 0 Å². The lowest BCUT2D eigenvalue weighted by atomic mass is 10.00. The van der Waals surface area contributed by atoms with Crippen LogP contribution in [-0.2, 0) is 4.79 Å². The summed E-state index contributed by atoms with van der Waals surface area (Å²) >= 11 is 0. The molecule has 1 N–H and O–H groups in total. The molecule has 104 valence electrons. The molecule has 0 saturated carbocycles. The predicted octanol–water partition coefficient (Wildman–Crippen LogP) is 4.55. The van der Waals surface area contributed by atoms with Crippen molar-refractivity contribution in [2.45, 2.75) is 32.6 Å². The van der Waals surface area contributed by atoms with Crippen molar-refractivity contribution in [1.82, 2.24) is 0 Å². The third-order valence-corrected chi connectivity index (χ3v) is 3.54. The van der Waals surface area contributed by atoms with Crippen LogP contribution in [0.25, 0.3) is 0 Å². The third kappa shape index (κ3) is 3.47. The van der Waals surface area contributed by atoms with Crippen LogP contribution in [0.3, 0.4) is 0 Å². The SMILES string of the molecule is CC(C)c1ccc(NC(=O)[C@@H](C)c2ccccc2)cc1. The van der Waals surface area contributed by atoms with E-state index in [9.17, 15) is 4.79 Å². The average Bonchev–Trinajstić information content (AvgIpc) is 2.48. The molecule has 0 heterocycles. The van der Waals surface area contributed by atoms with Gasteiger partial charge in [-0.2, -0.15) is 0 Å². The molecule has 20 heavy (non-hydrogen) atoms. The van der Waals surface area contributed by atoms with Gasteiger partial charge < -0.3 is 5.32 Å². The van der Waals surface area contributed by atoms with Crippen LogP contribution < -0.4 is 5.32 Å². The first-order chi connectivity index (χ1) is 9.58. The van der Waals surface area contributed by atoms with Gasteiger partial charge in [0, 0.05) is 5.69 Å². The van der Waals surface area contributed by atoms with Crippen LogP contribution in [0.1, 0.15) is 43.7 Å². The van der Waals surface area contributed by atoms with E-state index in [0.717, 1.165) is 11.3 Å². The number of amides is 1. The number of hydrogen-bond acceptors (Lipinski definition) is 1. The van der Waals surface area contributed by atoms with Gasteiger partial charge in [-0.15, -0.1) is 0 Å². The summed E-state index contributed by atoms with van der Waals surface area (Å²) in [4.78, 5) is 12.2. The van der Waals surface area contributed by atoms with Crippen molar-refractivity contribution in [3.8, 4) is 0 Å². The molecule has 0 aliphatic heterocycles. The molecule has 0 saturated heterocycles. The summed E-state index contributed by atoms with van der Waals surface area (Å²) in [5.41, 5.74) is 3.16. The molecular weight excluding hydrogens is 246 g/mol. The van der Waals surface area contributed by atoms with E-state index < -0.39 is 0 Å². The molecule has 2 aromatic carbocycles. The van der Waals surface area contributed by atoms with Crippen LogP contribution in [0.15, 0.2) is 54.6 Å². The average molecular weight is 267 g/mol. The van der Waals surface area contributed by atoms with Crippen LogP contribution >= 0.6 is 0 Å². The molecule has 0 bridgehead atoms. The Hall–Kier alpha value is -2.09. The number of carbonyl (C=O) groups excluding carboxylic acids is 1. The van der Waals surface area contributed by atoms with Crippen LogP contribution in [-0.4, -0.2) is 5.91 Å². The summed E-state index contributed by atoms with van der Waals surface area (Å²) in [7, 11) is 0. The van der Waals surface area contributed by atoms with Crippen molar-refractivity contribution in [2.24, 2.45) is 0 Å². The summed E-state index contributed by atoms with van der Waals surface area (Å²) in [5.74, 6) is 0.373. The van der Waals surface area contributed by atoms with Gasteiger partial charge in [0.25, 0.3) is 0 Å². The van der Waals surface area contributed by atoms with E-state index in [1.54, 1.807) is 0 Å². The Labute approximate surface area is 120 Å². The fourth-order valence-corrected chi connectivity index (χ4v) is 2.09. The van der Waals surface area contributed by atoms with Gasteiger partial charge in [0.05, 0.1) is 5.92 Å². The van der Waals surface area contributed by atoms with Gasteiger partial charge in [0.2, 0.25) is 5.91 Å². The molecule has 2 rings (SSSR count). The van der Waals surface area contributed by atoms with Gasteiger partial charge in [-0.25, -0.2) is 0 Å². The third-order valence-electron chi connectivity index (χ3n) is 3.54. The first kappa shape index (κ1) is 14.3. The molecule has 1 atom stereocenters. The maximum Gasteiger partial charge on any atom is 0.231 e. The Kier molecular flexibility index (Phi) is 4.57. The van der Waals surface area contributed by atoms with Crippen molar-refractivity contribution in [3.63, 3.8) is 0 Å². The molecule has 0 aromatic heterocycles. The quantitative estimate of drug-likeness (QED) is 0.865. The van der Waals surface area contributed by atoms with E-state index in [-0.39, 0.29) is 11.8 Å².